The van der Waals surface area contributed by atoms with E-state index in [0.29, 0.717) is 25.4 Å². The van der Waals surface area contributed by atoms with Gasteiger partial charge >= 0.3 is 6.09 Å². The van der Waals surface area contributed by atoms with Crippen molar-refractivity contribution in [3.8, 4) is 28.1 Å². The lowest BCUT2D eigenvalue weighted by molar-refractivity contribution is -0.114. The molecule has 0 N–H and O–H groups in total. The van der Waals surface area contributed by atoms with Crippen LogP contribution in [0.15, 0.2) is 59.1 Å². The second kappa shape index (κ2) is 11.6. The van der Waals surface area contributed by atoms with E-state index in [1.807, 2.05) is 63.2 Å². The topological polar surface area (TPSA) is 92.5 Å². The number of carbonyl (C=O) groups excluding carboxylic acids is 1. The Bertz CT molecular complexity index is 1280. The lowest BCUT2D eigenvalue weighted by atomic mass is 9.85. The van der Waals surface area contributed by atoms with E-state index in [9.17, 15) is 4.79 Å². The Balaban J connectivity index is 1.48. The molecular weight excluding hydrogens is 512 g/mol. The number of nitrogens with zero attached hydrogens (tertiary/aromatic N) is 2. The number of rotatable bonds is 9. The summed E-state index contributed by atoms with van der Waals surface area (Å²) < 4.78 is 34.8. The van der Waals surface area contributed by atoms with Crippen LogP contribution in [-0.4, -0.2) is 74.7 Å². The van der Waals surface area contributed by atoms with E-state index in [4.69, 9.17) is 28.2 Å². The molecule has 5 rings (SSSR count). The van der Waals surface area contributed by atoms with Crippen LogP contribution in [0.5, 0.6) is 5.75 Å². The SMILES string of the molecule is COCOc1ccc(-c2noc(C3(C(OC)[C@H]4CN(C(=O)OC(C)(C)C)CCO4)CC3)c2-c2ccccc2)cc1. The standard InChI is InChI=1S/C31H38N2O7/c1-30(2,3)39-29(34)33-17-18-37-24(19-33)27(36-5)31(15-16-31)28-25(21-9-7-6-8-10-21)26(32-40-28)22-11-13-23(14-12-22)38-20-35-4/h6-14,24,27H,15-20H2,1-5H3/t24-,27?/m1/s1. The van der Waals surface area contributed by atoms with Crippen molar-refractivity contribution in [1.82, 2.24) is 10.1 Å². The van der Waals surface area contributed by atoms with Crippen molar-refractivity contribution >= 4 is 6.09 Å². The molecule has 0 radical (unpaired) electrons. The van der Waals surface area contributed by atoms with E-state index in [1.165, 1.54) is 0 Å². The highest BCUT2D eigenvalue weighted by Crippen LogP contribution is 2.57. The van der Waals surface area contributed by atoms with Gasteiger partial charge in [0.1, 0.15) is 23.1 Å². The number of hydrogen-bond donors (Lipinski definition) is 0. The summed E-state index contributed by atoms with van der Waals surface area (Å²) in [5.74, 6) is 1.48. The molecule has 214 valence electrons. The molecule has 3 aromatic rings. The highest BCUT2D eigenvalue weighted by molar-refractivity contribution is 5.83. The van der Waals surface area contributed by atoms with E-state index in [2.05, 4.69) is 17.3 Å². The molecule has 1 aromatic heterocycles. The van der Waals surface area contributed by atoms with Gasteiger partial charge in [0.25, 0.3) is 0 Å². The maximum atomic E-state index is 12.8. The van der Waals surface area contributed by atoms with Gasteiger partial charge in [0.2, 0.25) is 0 Å². The number of morpholine rings is 1. The fourth-order valence-electron chi connectivity index (χ4n) is 5.40. The molecule has 1 aliphatic carbocycles. The minimum absolute atomic E-state index is 0.179. The Morgan fingerprint density at radius 1 is 1.07 bits per heavy atom. The molecule has 1 unspecified atom stereocenters. The Kier molecular flexibility index (Phi) is 8.16. The number of aromatic nitrogens is 1. The van der Waals surface area contributed by atoms with Crippen LogP contribution in [0.3, 0.4) is 0 Å². The van der Waals surface area contributed by atoms with E-state index in [0.717, 1.165) is 41.0 Å². The quantitative estimate of drug-likeness (QED) is 0.315. The molecule has 40 heavy (non-hydrogen) atoms. The molecule has 2 atom stereocenters. The zero-order valence-electron chi connectivity index (χ0n) is 23.8. The number of hydrogen-bond acceptors (Lipinski definition) is 8. The van der Waals surface area contributed by atoms with Crippen LogP contribution in [-0.2, 0) is 24.4 Å². The van der Waals surface area contributed by atoms with Crippen molar-refractivity contribution in [3.63, 3.8) is 0 Å². The van der Waals surface area contributed by atoms with Crippen LogP contribution in [0.1, 0.15) is 39.4 Å². The predicted molar refractivity (Wildman–Crippen MR) is 149 cm³/mol. The molecule has 1 saturated heterocycles. The summed E-state index contributed by atoms with van der Waals surface area (Å²) in [6, 6.07) is 17.9. The van der Waals surface area contributed by atoms with Crippen LogP contribution in [0.2, 0.25) is 0 Å². The van der Waals surface area contributed by atoms with Gasteiger partial charge in [-0.2, -0.15) is 0 Å². The van der Waals surface area contributed by atoms with Crippen LogP contribution in [0, 0.1) is 0 Å². The lowest BCUT2D eigenvalue weighted by Gasteiger charge is -2.39. The summed E-state index contributed by atoms with van der Waals surface area (Å²) in [4.78, 5) is 14.6. The summed E-state index contributed by atoms with van der Waals surface area (Å²) in [5.41, 5.74) is 2.60. The third-order valence-corrected chi connectivity index (χ3v) is 7.35. The average Bonchev–Trinajstić information content (AvgIpc) is 3.61. The molecule has 9 nitrogen and oxygen atoms in total. The molecule has 2 fully saturated rings. The van der Waals surface area contributed by atoms with E-state index < -0.39 is 11.0 Å². The maximum Gasteiger partial charge on any atom is 0.410 e. The Morgan fingerprint density at radius 3 is 2.42 bits per heavy atom. The number of amides is 1. The molecule has 1 saturated carbocycles. The van der Waals surface area contributed by atoms with Crippen LogP contribution < -0.4 is 4.74 Å². The van der Waals surface area contributed by atoms with Gasteiger partial charge in [0.05, 0.1) is 30.2 Å². The minimum Gasteiger partial charge on any atom is -0.468 e. The van der Waals surface area contributed by atoms with Crippen molar-refractivity contribution in [1.29, 1.82) is 0 Å². The first kappa shape index (κ1) is 28.1. The Hall–Kier alpha value is -3.40. The Morgan fingerprint density at radius 2 is 1.80 bits per heavy atom. The Labute approximate surface area is 235 Å². The summed E-state index contributed by atoms with van der Waals surface area (Å²) >= 11 is 0. The fraction of sp³-hybridized carbons (Fsp3) is 0.484. The van der Waals surface area contributed by atoms with Gasteiger partial charge in [-0.05, 0) is 63.4 Å². The zero-order chi connectivity index (χ0) is 28.3. The first-order valence-electron chi connectivity index (χ1n) is 13.7. The van der Waals surface area contributed by atoms with Crippen molar-refractivity contribution in [3.05, 3.63) is 60.4 Å². The number of ether oxygens (including phenoxy) is 5. The summed E-state index contributed by atoms with van der Waals surface area (Å²) in [6.07, 6.45) is 0.686. The van der Waals surface area contributed by atoms with Gasteiger partial charge in [0.15, 0.2) is 12.6 Å². The summed E-state index contributed by atoms with van der Waals surface area (Å²) in [6.45, 7) is 7.04. The molecule has 2 heterocycles. The molecular formula is C31H38N2O7. The normalized spacial score (nSPS) is 19.2. The molecule has 9 heteroatoms. The van der Waals surface area contributed by atoms with Crippen LogP contribution in [0.25, 0.3) is 22.4 Å². The van der Waals surface area contributed by atoms with E-state index in [-0.39, 0.29) is 25.1 Å². The van der Waals surface area contributed by atoms with Crippen molar-refractivity contribution in [2.45, 2.75) is 56.8 Å². The van der Waals surface area contributed by atoms with Gasteiger partial charge in [-0.15, -0.1) is 0 Å². The summed E-state index contributed by atoms with van der Waals surface area (Å²) in [5, 5.41) is 4.58. The molecule has 1 amide bonds. The van der Waals surface area contributed by atoms with E-state index in [1.54, 1.807) is 19.1 Å². The average molecular weight is 551 g/mol. The second-order valence-corrected chi connectivity index (χ2v) is 11.3. The molecule has 2 aromatic carbocycles. The third kappa shape index (κ3) is 5.87. The maximum absolute atomic E-state index is 12.8. The van der Waals surface area contributed by atoms with Crippen LogP contribution in [0.4, 0.5) is 4.79 Å². The van der Waals surface area contributed by atoms with Gasteiger partial charge < -0.3 is 33.1 Å². The third-order valence-electron chi connectivity index (χ3n) is 7.35. The van der Waals surface area contributed by atoms with Crippen molar-refractivity contribution in [2.24, 2.45) is 0 Å². The minimum atomic E-state index is -0.571. The summed E-state index contributed by atoms with van der Waals surface area (Å²) in [7, 11) is 3.28. The second-order valence-electron chi connectivity index (χ2n) is 11.3. The molecule has 1 aliphatic heterocycles. The van der Waals surface area contributed by atoms with Gasteiger partial charge in [-0.25, -0.2) is 4.79 Å². The first-order valence-corrected chi connectivity index (χ1v) is 13.7. The first-order chi connectivity index (χ1) is 19.3. The highest BCUT2D eigenvalue weighted by Gasteiger charge is 2.59. The molecule has 0 bridgehead atoms. The number of benzene rings is 2. The van der Waals surface area contributed by atoms with Crippen LogP contribution >= 0.6 is 0 Å². The van der Waals surface area contributed by atoms with Gasteiger partial charge in [-0.3, -0.25) is 0 Å². The van der Waals surface area contributed by atoms with Crippen molar-refractivity contribution < 1.29 is 33.0 Å². The van der Waals surface area contributed by atoms with E-state index >= 15 is 0 Å². The largest absolute Gasteiger partial charge is 0.468 e. The molecule has 2 aliphatic rings. The lowest BCUT2D eigenvalue weighted by Crippen LogP contribution is -2.54. The predicted octanol–water partition coefficient (Wildman–Crippen LogP) is 5.67. The highest BCUT2D eigenvalue weighted by atomic mass is 16.7. The fourth-order valence-corrected chi connectivity index (χ4v) is 5.40. The van der Waals surface area contributed by atoms with Gasteiger partial charge in [-0.1, -0.05) is 35.5 Å². The number of carbonyl (C=O) groups is 1. The van der Waals surface area contributed by atoms with Gasteiger partial charge in [0, 0.05) is 26.3 Å². The monoisotopic (exact) mass is 550 g/mol. The number of methoxy groups -OCH3 is 2. The van der Waals surface area contributed by atoms with Crippen molar-refractivity contribution in [2.75, 3.05) is 40.7 Å². The molecule has 0 spiro atoms. The zero-order valence-corrected chi connectivity index (χ0v) is 23.8. The smallest absolute Gasteiger partial charge is 0.410 e.